The molecule has 1 aromatic rings. The Morgan fingerprint density at radius 2 is 2.10 bits per heavy atom. The Bertz CT molecular complexity index is 449. The molecule has 118 valence electrons. The number of rotatable bonds is 8. The molecular weight excluding hydrogens is 272 g/mol. The quantitative estimate of drug-likeness (QED) is 0.676. The van der Waals surface area contributed by atoms with Crippen LogP contribution in [0.3, 0.4) is 0 Å². The zero-order valence-electron chi connectivity index (χ0n) is 12.8. The highest BCUT2D eigenvalue weighted by atomic mass is 16.5. The number of benzene rings is 1. The van der Waals surface area contributed by atoms with Crippen molar-refractivity contribution < 1.29 is 19.4 Å². The second kappa shape index (κ2) is 9.07. The van der Waals surface area contributed by atoms with Crippen molar-refractivity contribution in [2.45, 2.75) is 26.4 Å². The van der Waals surface area contributed by atoms with Crippen LogP contribution < -0.4 is 20.1 Å². The third kappa shape index (κ3) is 6.35. The molecule has 6 heteroatoms. The Morgan fingerprint density at radius 1 is 1.33 bits per heavy atom. The van der Waals surface area contributed by atoms with E-state index in [0.717, 1.165) is 5.56 Å². The lowest BCUT2D eigenvalue weighted by Gasteiger charge is -2.12. The second-order valence-electron chi connectivity index (χ2n) is 4.65. The Hall–Kier alpha value is -1.95. The van der Waals surface area contributed by atoms with Gasteiger partial charge in [0.05, 0.1) is 19.8 Å². The number of carbonyl (C=O) groups excluding carboxylic acids is 1. The normalized spacial score (nSPS) is 11.6. The number of ether oxygens (including phenoxy) is 2. The van der Waals surface area contributed by atoms with Crippen LogP contribution in [0.5, 0.6) is 11.5 Å². The molecule has 1 atom stereocenters. The van der Waals surface area contributed by atoms with E-state index in [9.17, 15) is 4.79 Å². The standard InChI is InChI=1S/C15H24N2O4/c1-4-21-13-6-5-12(9-14(13)20-3)7-8-16-15(19)17-10-11(2)18/h5-6,9,11,18H,4,7-8,10H2,1-3H3,(H2,16,17,19). The molecule has 0 aromatic heterocycles. The van der Waals surface area contributed by atoms with Gasteiger partial charge in [-0.25, -0.2) is 4.79 Å². The molecular formula is C15H24N2O4. The first-order valence-electron chi connectivity index (χ1n) is 7.06. The highest BCUT2D eigenvalue weighted by molar-refractivity contribution is 5.73. The fraction of sp³-hybridized carbons (Fsp3) is 0.533. The fourth-order valence-corrected chi connectivity index (χ4v) is 1.77. The molecule has 0 saturated carbocycles. The Labute approximate surface area is 125 Å². The van der Waals surface area contributed by atoms with Crippen molar-refractivity contribution in [1.29, 1.82) is 0 Å². The predicted molar refractivity (Wildman–Crippen MR) is 80.9 cm³/mol. The minimum Gasteiger partial charge on any atom is -0.493 e. The van der Waals surface area contributed by atoms with E-state index in [1.165, 1.54) is 0 Å². The molecule has 0 heterocycles. The lowest BCUT2D eigenvalue weighted by Crippen LogP contribution is -2.39. The number of aliphatic hydroxyl groups is 1. The predicted octanol–water partition coefficient (Wildman–Crippen LogP) is 1.32. The van der Waals surface area contributed by atoms with Crippen molar-refractivity contribution in [3.05, 3.63) is 23.8 Å². The summed E-state index contributed by atoms with van der Waals surface area (Å²) in [4.78, 5) is 11.4. The molecule has 1 rings (SSSR count). The van der Waals surface area contributed by atoms with Gasteiger partial charge in [0.2, 0.25) is 0 Å². The third-order valence-corrected chi connectivity index (χ3v) is 2.79. The van der Waals surface area contributed by atoms with E-state index in [2.05, 4.69) is 10.6 Å². The van der Waals surface area contributed by atoms with Gasteiger partial charge in [-0.3, -0.25) is 0 Å². The summed E-state index contributed by atoms with van der Waals surface area (Å²) in [5.41, 5.74) is 1.05. The Kier molecular flexibility index (Phi) is 7.39. The van der Waals surface area contributed by atoms with Crippen LogP contribution in [0.1, 0.15) is 19.4 Å². The van der Waals surface area contributed by atoms with Crippen molar-refractivity contribution in [2.24, 2.45) is 0 Å². The zero-order chi connectivity index (χ0) is 15.7. The van der Waals surface area contributed by atoms with Gasteiger partial charge in [-0.05, 0) is 38.0 Å². The van der Waals surface area contributed by atoms with Gasteiger partial charge in [0, 0.05) is 13.1 Å². The van der Waals surface area contributed by atoms with E-state index in [-0.39, 0.29) is 12.6 Å². The van der Waals surface area contributed by atoms with Crippen LogP contribution in [-0.2, 0) is 6.42 Å². The number of methoxy groups -OCH3 is 1. The molecule has 2 amide bonds. The van der Waals surface area contributed by atoms with Crippen LogP contribution in [0.2, 0.25) is 0 Å². The lowest BCUT2D eigenvalue weighted by atomic mass is 10.1. The summed E-state index contributed by atoms with van der Waals surface area (Å²) in [6, 6.07) is 5.43. The number of aliphatic hydroxyl groups excluding tert-OH is 1. The summed E-state index contributed by atoms with van der Waals surface area (Å²) in [5.74, 6) is 1.40. The second-order valence-corrected chi connectivity index (χ2v) is 4.65. The average Bonchev–Trinajstić information content (AvgIpc) is 2.46. The largest absolute Gasteiger partial charge is 0.493 e. The van der Waals surface area contributed by atoms with Crippen LogP contribution in [-0.4, -0.2) is 44.0 Å². The summed E-state index contributed by atoms with van der Waals surface area (Å²) in [7, 11) is 1.60. The van der Waals surface area contributed by atoms with Crippen LogP contribution in [0.25, 0.3) is 0 Å². The summed E-state index contributed by atoms with van der Waals surface area (Å²) < 4.78 is 10.7. The SMILES string of the molecule is CCOc1ccc(CCNC(=O)NCC(C)O)cc1OC. The van der Waals surface area contributed by atoms with Crippen molar-refractivity contribution in [3.63, 3.8) is 0 Å². The van der Waals surface area contributed by atoms with Gasteiger partial charge in [-0.1, -0.05) is 6.07 Å². The van der Waals surface area contributed by atoms with Crippen LogP contribution in [0.4, 0.5) is 4.79 Å². The van der Waals surface area contributed by atoms with Gasteiger partial charge < -0.3 is 25.2 Å². The van der Waals surface area contributed by atoms with E-state index in [1.807, 2.05) is 25.1 Å². The van der Waals surface area contributed by atoms with E-state index in [0.29, 0.717) is 31.1 Å². The first kappa shape index (κ1) is 17.1. The number of nitrogens with one attached hydrogen (secondary N) is 2. The molecule has 0 aliphatic rings. The molecule has 0 spiro atoms. The summed E-state index contributed by atoms with van der Waals surface area (Å²) in [6.45, 7) is 4.86. The third-order valence-electron chi connectivity index (χ3n) is 2.79. The number of amides is 2. The van der Waals surface area contributed by atoms with Crippen LogP contribution in [0, 0.1) is 0 Å². The van der Waals surface area contributed by atoms with Gasteiger partial charge in [-0.15, -0.1) is 0 Å². The molecule has 1 unspecified atom stereocenters. The zero-order valence-corrected chi connectivity index (χ0v) is 12.8. The Balaban J connectivity index is 2.43. The minimum absolute atomic E-state index is 0.239. The summed E-state index contributed by atoms with van der Waals surface area (Å²) in [5, 5.41) is 14.4. The molecule has 3 N–H and O–H groups in total. The molecule has 6 nitrogen and oxygen atoms in total. The van der Waals surface area contributed by atoms with Gasteiger partial charge in [0.25, 0.3) is 0 Å². The number of carbonyl (C=O) groups is 1. The lowest BCUT2D eigenvalue weighted by molar-refractivity contribution is 0.187. The number of urea groups is 1. The highest BCUT2D eigenvalue weighted by Crippen LogP contribution is 2.28. The van der Waals surface area contributed by atoms with Crippen molar-refractivity contribution in [2.75, 3.05) is 26.8 Å². The van der Waals surface area contributed by atoms with Crippen molar-refractivity contribution >= 4 is 6.03 Å². The number of hydrogen-bond acceptors (Lipinski definition) is 4. The molecule has 0 aliphatic carbocycles. The van der Waals surface area contributed by atoms with E-state index < -0.39 is 6.10 Å². The Morgan fingerprint density at radius 3 is 2.71 bits per heavy atom. The molecule has 0 radical (unpaired) electrons. The van der Waals surface area contributed by atoms with E-state index >= 15 is 0 Å². The first-order chi connectivity index (χ1) is 10.1. The molecule has 0 bridgehead atoms. The summed E-state index contributed by atoms with van der Waals surface area (Å²) >= 11 is 0. The van der Waals surface area contributed by atoms with E-state index in [4.69, 9.17) is 14.6 Å². The molecule has 0 fully saturated rings. The highest BCUT2D eigenvalue weighted by Gasteiger charge is 2.06. The van der Waals surface area contributed by atoms with Crippen LogP contribution >= 0.6 is 0 Å². The maximum atomic E-state index is 11.4. The van der Waals surface area contributed by atoms with Gasteiger partial charge in [-0.2, -0.15) is 0 Å². The average molecular weight is 296 g/mol. The van der Waals surface area contributed by atoms with Gasteiger partial charge >= 0.3 is 6.03 Å². The molecule has 0 saturated heterocycles. The molecule has 1 aromatic carbocycles. The first-order valence-corrected chi connectivity index (χ1v) is 7.06. The van der Waals surface area contributed by atoms with Crippen molar-refractivity contribution in [3.8, 4) is 11.5 Å². The van der Waals surface area contributed by atoms with E-state index in [1.54, 1.807) is 14.0 Å². The monoisotopic (exact) mass is 296 g/mol. The van der Waals surface area contributed by atoms with Gasteiger partial charge in [0.15, 0.2) is 11.5 Å². The fourth-order valence-electron chi connectivity index (χ4n) is 1.77. The number of hydrogen-bond donors (Lipinski definition) is 3. The minimum atomic E-state index is -0.550. The topological polar surface area (TPSA) is 79.8 Å². The van der Waals surface area contributed by atoms with Crippen molar-refractivity contribution in [1.82, 2.24) is 10.6 Å². The summed E-state index contributed by atoms with van der Waals surface area (Å²) in [6.07, 6.45) is 0.135. The maximum Gasteiger partial charge on any atom is 0.314 e. The van der Waals surface area contributed by atoms with Crippen LogP contribution in [0.15, 0.2) is 18.2 Å². The molecule has 21 heavy (non-hydrogen) atoms. The maximum absolute atomic E-state index is 11.4. The molecule has 0 aliphatic heterocycles. The van der Waals surface area contributed by atoms with Gasteiger partial charge in [0.1, 0.15) is 0 Å². The smallest absolute Gasteiger partial charge is 0.314 e.